The van der Waals surface area contributed by atoms with Gasteiger partial charge >= 0.3 is 0 Å². The van der Waals surface area contributed by atoms with Crippen LogP contribution in [0.25, 0.3) is 21.1 Å². The number of allylic oxidation sites excluding steroid dienone is 1. The van der Waals surface area contributed by atoms with Gasteiger partial charge in [0.2, 0.25) is 0 Å². The van der Waals surface area contributed by atoms with E-state index in [2.05, 4.69) is 16.9 Å². The minimum atomic E-state index is -0.726. The number of pyridine rings is 1. The molecule has 0 aliphatic rings. The molecule has 2 N–H and O–H groups in total. The predicted octanol–water partition coefficient (Wildman–Crippen LogP) is 4.41. The number of carbonyl (C=O) groups excluding carboxylic acids is 1. The zero-order chi connectivity index (χ0) is 19.8. The summed E-state index contributed by atoms with van der Waals surface area (Å²) in [6, 6.07) is 12.0. The van der Waals surface area contributed by atoms with Gasteiger partial charge in [0.25, 0.3) is 11.5 Å². The van der Waals surface area contributed by atoms with Crippen molar-refractivity contribution in [1.29, 1.82) is 0 Å². The molecule has 6 nitrogen and oxygen atoms in total. The van der Waals surface area contributed by atoms with Gasteiger partial charge in [0.1, 0.15) is 11.3 Å². The first-order valence-electron chi connectivity index (χ1n) is 8.32. The van der Waals surface area contributed by atoms with E-state index in [0.29, 0.717) is 26.6 Å². The van der Waals surface area contributed by atoms with Crippen molar-refractivity contribution in [1.82, 2.24) is 9.55 Å². The average Bonchev–Trinajstić information content (AvgIpc) is 3.06. The SMILES string of the molecule is C=CCn1c(=O)c(C(=O)Nc2nc3ccc(Cl)cc3s2)c(O)c2ccccc21. The maximum atomic E-state index is 12.9. The Balaban J connectivity index is 1.82. The number of halogens is 1. The van der Waals surface area contributed by atoms with Crippen LogP contribution in [-0.4, -0.2) is 20.6 Å². The summed E-state index contributed by atoms with van der Waals surface area (Å²) in [6.45, 7) is 3.87. The quantitative estimate of drug-likeness (QED) is 0.487. The van der Waals surface area contributed by atoms with Gasteiger partial charge in [-0.25, -0.2) is 4.98 Å². The molecule has 4 rings (SSSR count). The Labute approximate surface area is 168 Å². The standard InChI is InChI=1S/C20H14ClN3O3S/c1-2-9-24-14-6-4-3-5-12(14)17(25)16(19(24)27)18(26)23-20-22-13-8-7-11(21)10-15(13)28-20/h2-8,10,25H,1,9H2,(H,22,23,26). The number of fused-ring (bicyclic) bond motifs is 2. The highest BCUT2D eigenvalue weighted by atomic mass is 35.5. The molecule has 0 bridgehead atoms. The second kappa shape index (κ2) is 7.10. The van der Waals surface area contributed by atoms with E-state index in [9.17, 15) is 14.7 Å². The van der Waals surface area contributed by atoms with E-state index in [1.807, 2.05) is 0 Å². The van der Waals surface area contributed by atoms with Crippen LogP contribution < -0.4 is 10.9 Å². The Morgan fingerprint density at radius 3 is 2.89 bits per heavy atom. The van der Waals surface area contributed by atoms with E-state index in [0.717, 1.165) is 4.70 Å². The van der Waals surface area contributed by atoms with E-state index in [1.54, 1.807) is 48.5 Å². The molecule has 0 fully saturated rings. The van der Waals surface area contributed by atoms with Crippen LogP contribution in [0.15, 0.2) is 59.9 Å². The summed E-state index contributed by atoms with van der Waals surface area (Å²) in [5.41, 5.74) is 0.267. The van der Waals surface area contributed by atoms with Gasteiger partial charge in [-0.05, 0) is 30.3 Å². The van der Waals surface area contributed by atoms with Crippen molar-refractivity contribution in [2.24, 2.45) is 0 Å². The molecule has 0 aliphatic carbocycles. The Morgan fingerprint density at radius 1 is 1.32 bits per heavy atom. The van der Waals surface area contributed by atoms with Crippen molar-refractivity contribution in [2.75, 3.05) is 5.32 Å². The van der Waals surface area contributed by atoms with Crippen molar-refractivity contribution >= 4 is 55.1 Å². The number of nitrogens with one attached hydrogen (secondary N) is 1. The highest BCUT2D eigenvalue weighted by Gasteiger charge is 2.22. The number of amides is 1. The summed E-state index contributed by atoms with van der Waals surface area (Å²) < 4.78 is 2.20. The second-order valence-corrected chi connectivity index (χ2v) is 7.50. The van der Waals surface area contributed by atoms with Crippen LogP contribution in [0.1, 0.15) is 10.4 Å². The van der Waals surface area contributed by atoms with E-state index in [1.165, 1.54) is 15.9 Å². The number of hydrogen-bond donors (Lipinski definition) is 2. The number of nitrogens with zero attached hydrogens (tertiary/aromatic N) is 2. The molecule has 0 saturated heterocycles. The molecular weight excluding hydrogens is 398 g/mol. The molecule has 28 heavy (non-hydrogen) atoms. The predicted molar refractivity (Wildman–Crippen MR) is 113 cm³/mol. The molecule has 8 heteroatoms. The van der Waals surface area contributed by atoms with Crippen LogP contribution in [0.3, 0.4) is 0 Å². The van der Waals surface area contributed by atoms with Crippen molar-refractivity contribution in [3.8, 4) is 5.75 Å². The summed E-state index contributed by atoms with van der Waals surface area (Å²) in [6.07, 6.45) is 1.56. The molecule has 140 valence electrons. The van der Waals surface area contributed by atoms with Crippen LogP contribution >= 0.6 is 22.9 Å². The smallest absolute Gasteiger partial charge is 0.268 e. The largest absolute Gasteiger partial charge is 0.506 e. The Hall–Kier alpha value is -3.16. The van der Waals surface area contributed by atoms with E-state index in [-0.39, 0.29) is 17.9 Å². The number of carbonyl (C=O) groups is 1. The summed E-state index contributed by atoms with van der Waals surface area (Å²) in [4.78, 5) is 30.1. The molecule has 1 amide bonds. The summed E-state index contributed by atoms with van der Waals surface area (Å²) >= 11 is 7.21. The number of hydrogen-bond acceptors (Lipinski definition) is 5. The van der Waals surface area contributed by atoms with Crippen molar-refractivity contribution in [3.63, 3.8) is 0 Å². The van der Waals surface area contributed by atoms with Crippen LogP contribution in [-0.2, 0) is 6.54 Å². The number of aromatic nitrogens is 2. The third-order valence-electron chi connectivity index (χ3n) is 4.26. The number of aromatic hydroxyl groups is 1. The second-order valence-electron chi connectivity index (χ2n) is 6.03. The third-order valence-corrected chi connectivity index (χ3v) is 5.42. The Morgan fingerprint density at radius 2 is 2.11 bits per heavy atom. The molecular formula is C20H14ClN3O3S. The first-order valence-corrected chi connectivity index (χ1v) is 9.52. The lowest BCUT2D eigenvalue weighted by Crippen LogP contribution is -2.29. The fourth-order valence-corrected chi connectivity index (χ4v) is 4.15. The highest BCUT2D eigenvalue weighted by molar-refractivity contribution is 7.22. The maximum absolute atomic E-state index is 12.9. The number of para-hydroxylation sites is 1. The molecule has 0 aliphatic heterocycles. The normalized spacial score (nSPS) is 11.0. The van der Waals surface area contributed by atoms with Crippen LogP contribution in [0, 0.1) is 0 Å². The van der Waals surface area contributed by atoms with Crippen molar-refractivity contribution in [2.45, 2.75) is 6.54 Å². The number of thiazole rings is 1. The fraction of sp³-hybridized carbons (Fsp3) is 0.0500. The fourth-order valence-electron chi connectivity index (χ4n) is 3.02. The van der Waals surface area contributed by atoms with Crippen molar-refractivity contribution in [3.05, 3.63) is 76.1 Å². The minimum Gasteiger partial charge on any atom is -0.506 e. The molecule has 0 spiro atoms. The Bertz CT molecular complexity index is 1310. The average molecular weight is 412 g/mol. The van der Waals surface area contributed by atoms with Crippen LogP contribution in [0.2, 0.25) is 5.02 Å². The number of benzene rings is 2. The monoisotopic (exact) mass is 411 g/mol. The van der Waals surface area contributed by atoms with Crippen molar-refractivity contribution < 1.29 is 9.90 Å². The number of rotatable bonds is 4. The zero-order valence-electron chi connectivity index (χ0n) is 14.5. The Kier molecular flexibility index (Phi) is 4.62. The molecule has 4 aromatic rings. The van der Waals surface area contributed by atoms with E-state index >= 15 is 0 Å². The number of anilines is 1. The molecule has 0 radical (unpaired) electrons. The zero-order valence-corrected chi connectivity index (χ0v) is 16.0. The van der Waals surface area contributed by atoms with Gasteiger partial charge in [0.15, 0.2) is 5.13 Å². The highest BCUT2D eigenvalue weighted by Crippen LogP contribution is 2.30. The lowest BCUT2D eigenvalue weighted by Gasteiger charge is -2.13. The van der Waals surface area contributed by atoms with Gasteiger partial charge in [0.05, 0.1) is 15.7 Å². The van der Waals surface area contributed by atoms with Gasteiger partial charge in [-0.2, -0.15) is 0 Å². The molecule has 2 aromatic carbocycles. The summed E-state index contributed by atoms with van der Waals surface area (Å²) in [5, 5.41) is 14.5. The molecule has 0 saturated carbocycles. The third kappa shape index (κ3) is 3.04. The first-order chi connectivity index (χ1) is 13.5. The van der Waals surface area contributed by atoms with Crippen LogP contribution in [0.4, 0.5) is 5.13 Å². The van der Waals surface area contributed by atoms with Gasteiger partial charge < -0.3 is 9.67 Å². The summed E-state index contributed by atoms with van der Waals surface area (Å²) in [5.74, 6) is -1.08. The minimum absolute atomic E-state index is 0.208. The molecule has 2 heterocycles. The molecule has 0 unspecified atom stereocenters. The molecule has 0 atom stereocenters. The summed E-state index contributed by atoms with van der Waals surface area (Å²) in [7, 11) is 0. The maximum Gasteiger partial charge on any atom is 0.268 e. The van der Waals surface area contributed by atoms with Crippen LogP contribution in [0.5, 0.6) is 5.75 Å². The first kappa shape index (κ1) is 18.2. The lowest BCUT2D eigenvalue weighted by molar-refractivity contribution is 0.102. The molecule has 2 aromatic heterocycles. The van der Waals surface area contributed by atoms with Gasteiger partial charge in [-0.3, -0.25) is 14.9 Å². The van der Waals surface area contributed by atoms with Gasteiger partial charge in [-0.1, -0.05) is 41.1 Å². The lowest BCUT2D eigenvalue weighted by atomic mass is 10.1. The van der Waals surface area contributed by atoms with Gasteiger partial charge in [0, 0.05) is 17.0 Å². The topological polar surface area (TPSA) is 84.2 Å². The van der Waals surface area contributed by atoms with Gasteiger partial charge in [-0.15, -0.1) is 6.58 Å². The van der Waals surface area contributed by atoms with E-state index in [4.69, 9.17) is 11.6 Å². The van der Waals surface area contributed by atoms with E-state index < -0.39 is 11.5 Å².